The third-order valence-electron chi connectivity index (χ3n) is 2.13. The molecule has 0 fully saturated rings. The van der Waals surface area contributed by atoms with Crippen molar-refractivity contribution in [3.63, 3.8) is 0 Å². The summed E-state index contributed by atoms with van der Waals surface area (Å²) in [6.07, 6.45) is 1.16. The Bertz CT molecular complexity index is 542. The molecule has 124 valence electrons. The fraction of sp³-hybridized carbons (Fsp3) is 0.333. The maximum Gasteiger partial charge on any atom is 0.446 e. The predicted molar refractivity (Wildman–Crippen MR) is 78.4 cm³/mol. The van der Waals surface area contributed by atoms with Gasteiger partial charge in [-0.05, 0) is 20.8 Å². The van der Waals surface area contributed by atoms with E-state index in [9.17, 15) is 19.2 Å². The first kappa shape index (κ1) is 20.0. The second kappa shape index (κ2) is 8.45. The van der Waals surface area contributed by atoms with Crippen LogP contribution in [0.25, 0.3) is 0 Å². The lowest BCUT2D eigenvalue weighted by Crippen LogP contribution is -2.47. The molecule has 0 saturated carbocycles. The third-order valence-corrected chi connectivity index (χ3v) is 2.13. The number of rotatable bonds is 8. The maximum absolute atomic E-state index is 11.7. The second-order valence-electron chi connectivity index (χ2n) is 4.60. The van der Waals surface area contributed by atoms with Crippen molar-refractivity contribution in [2.45, 2.75) is 26.7 Å². The van der Waals surface area contributed by atoms with Crippen molar-refractivity contribution < 1.29 is 33.4 Å². The van der Waals surface area contributed by atoms with E-state index >= 15 is 0 Å². The van der Waals surface area contributed by atoms with Crippen LogP contribution >= 0.6 is 0 Å². The van der Waals surface area contributed by atoms with Gasteiger partial charge in [-0.15, -0.1) is 0 Å². The molecule has 0 unspecified atom stereocenters. The maximum atomic E-state index is 11.7. The Hall–Kier alpha value is -2.99. The van der Waals surface area contributed by atoms with Gasteiger partial charge < -0.3 is 14.2 Å². The van der Waals surface area contributed by atoms with E-state index in [1.165, 1.54) is 20.8 Å². The van der Waals surface area contributed by atoms with E-state index in [4.69, 9.17) is 14.2 Å². The van der Waals surface area contributed by atoms with Gasteiger partial charge in [0.05, 0.1) is 0 Å². The van der Waals surface area contributed by atoms with E-state index in [1.807, 2.05) is 0 Å². The molecule has 0 aliphatic rings. The Kier molecular flexibility index (Phi) is 7.35. The zero-order valence-electron chi connectivity index (χ0n) is 13.1. The molecule has 0 aromatic carbocycles. The molecule has 0 amide bonds. The molecule has 0 aromatic heterocycles. The SMILES string of the molecule is C=C(C)C(=O)OC(CN=C=O)(OC(=O)C(=C)C)OC(=O)C(=C)C. The third kappa shape index (κ3) is 6.54. The molecule has 0 bridgehead atoms. The van der Waals surface area contributed by atoms with Crippen LogP contribution in [-0.2, 0) is 33.4 Å². The van der Waals surface area contributed by atoms with Crippen LogP contribution in [0.15, 0.2) is 41.4 Å². The van der Waals surface area contributed by atoms with Crippen molar-refractivity contribution in [2.75, 3.05) is 6.54 Å². The van der Waals surface area contributed by atoms with Crippen LogP contribution in [0.5, 0.6) is 0 Å². The summed E-state index contributed by atoms with van der Waals surface area (Å²) in [6, 6.07) is 0. The molecule has 8 heteroatoms. The zero-order chi connectivity index (χ0) is 18.2. The number of hydrogen-bond acceptors (Lipinski definition) is 8. The van der Waals surface area contributed by atoms with Crippen molar-refractivity contribution in [1.82, 2.24) is 0 Å². The van der Waals surface area contributed by atoms with Crippen molar-refractivity contribution in [3.8, 4) is 0 Å². The summed E-state index contributed by atoms with van der Waals surface area (Å²) in [4.78, 5) is 48.7. The van der Waals surface area contributed by atoms with Gasteiger partial charge in [-0.3, -0.25) is 0 Å². The molecule has 0 rings (SSSR count). The number of isocyanates is 1. The van der Waals surface area contributed by atoms with E-state index < -0.39 is 30.4 Å². The molecule has 0 spiro atoms. The average molecular weight is 323 g/mol. The van der Waals surface area contributed by atoms with Crippen molar-refractivity contribution >= 4 is 24.0 Å². The number of aliphatic imine (C=N–C) groups is 1. The highest BCUT2D eigenvalue weighted by Gasteiger charge is 2.44. The van der Waals surface area contributed by atoms with Gasteiger partial charge in [0.15, 0.2) is 6.54 Å². The van der Waals surface area contributed by atoms with Gasteiger partial charge in [0.1, 0.15) is 0 Å². The second-order valence-corrected chi connectivity index (χ2v) is 4.60. The number of ether oxygens (including phenoxy) is 3. The van der Waals surface area contributed by atoms with E-state index in [2.05, 4.69) is 24.7 Å². The minimum atomic E-state index is -2.60. The predicted octanol–water partition coefficient (Wildman–Crippen LogP) is 1.33. The van der Waals surface area contributed by atoms with Crippen LogP contribution in [0.1, 0.15) is 20.8 Å². The summed E-state index contributed by atoms with van der Waals surface area (Å²) < 4.78 is 14.6. The average Bonchev–Trinajstić information content (AvgIpc) is 2.44. The van der Waals surface area contributed by atoms with Gasteiger partial charge in [-0.2, -0.15) is 4.99 Å². The summed E-state index contributed by atoms with van der Waals surface area (Å²) >= 11 is 0. The fourth-order valence-electron chi connectivity index (χ4n) is 0.973. The highest BCUT2D eigenvalue weighted by atomic mass is 16.9. The van der Waals surface area contributed by atoms with Gasteiger partial charge in [0, 0.05) is 16.7 Å². The van der Waals surface area contributed by atoms with Crippen molar-refractivity contribution in [3.05, 3.63) is 36.5 Å². The van der Waals surface area contributed by atoms with Crippen molar-refractivity contribution in [2.24, 2.45) is 4.99 Å². The Morgan fingerprint density at radius 2 is 1.17 bits per heavy atom. The van der Waals surface area contributed by atoms with Gasteiger partial charge in [-0.1, -0.05) is 19.7 Å². The first-order valence-electron chi connectivity index (χ1n) is 6.25. The molecule has 0 aliphatic carbocycles. The Balaban J connectivity index is 5.81. The van der Waals surface area contributed by atoms with Crippen LogP contribution in [-0.4, -0.2) is 36.5 Å². The first-order valence-corrected chi connectivity index (χ1v) is 6.25. The minimum absolute atomic E-state index is 0.0674. The molecule has 8 nitrogen and oxygen atoms in total. The van der Waals surface area contributed by atoms with Gasteiger partial charge in [-0.25, -0.2) is 19.2 Å². The van der Waals surface area contributed by atoms with Crippen LogP contribution in [0.3, 0.4) is 0 Å². The molecule has 0 aromatic rings. The lowest BCUT2D eigenvalue weighted by molar-refractivity contribution is -0.319. The highest BCUT2D eigenvalue weighted by Crippen LogP contribution is 2.21. The van der Waals surface area contributed by atoms with Crippen LogP contribution in [0, 0.1) is 0 Å². The molecule has 0 aliphatic heterocycles. The molecular formula is C15H17NO7. The van der Waals surface area contributed by atoms with Crippen LogP contribution in [0.4, 0.5) is 0 Å². The van der Waals surface area contributed by atoms with Gasteiger partial charge in [0.2, 0.25) is 6.08 Å². The summed E-state index contributed by atoms with van der Waals surface area (Å²) in [6.45, 7) is 13.2. The molecule has 0 radical (unpaired) electrons. The molecule has 0 N–H and O–H groups in total. The van der Waals surface area contributed by atoms with Crippen molar-refractivity contribution in [1.29, 1.82) is 0 Å². The first-order chi connectivity index (χ1) is 10.5. The van der Waals surface area contributed by atoms with Crippen LogP contribution in [0.2, 0.25) is 0 Å². The molecule has 0 atom stereocenters. The standard InChI is InChI=1S/C15H17NO7/c1-9(2)12(18)21-15(7-16-8-17,22-13(19)10(3)4)23-14(20)11(5)6/h1,3,5,7H2,2,4,6H3. The van der Waals surface area contributed by atoms with E-state index in [0.717, 1.165) is 6.08 Å². The Morgan fingerprint density at radius 1 is 0.870 bits per heavy atom. The summed E-state index contributed by atoms with van der Waals surface area (Å²) in [5.74, 6) is -5.69. The number of esters is 3. The molecule has 0 saturated heterocycles. The molecule has 23 heavy (non-hydrogen) atoms. The Labute approximate surface area is 133 Å². The lowest BCUT2D eigenvalue weighted by atomic mass is 10.3. The van der Waals surface area contributed by atoms with E-state index in [1.54, 1.807) is 0 Å². The largest absolute Gasteiger partial charge is 0.446 e. The quantitative estimate of drug-likeness (QED) is 0.218. The number of carbonyl (C=O) groups is 3. The smallest absolute Gasteiger partial charge is 0.383 e. The summed E-state index contributed by atoms with van der Waals surface area (Å²) in [5, 5.41) is 0. The monoisotopic (exact) mass is 323 g/mol. The summed E-state index contributed by atoms with van der Waals surface area (Å²) in [5.41, 5.74) is -0.202. The van der Waals surface area contributed by atoms with Gasteiger partial charge in [0.25, 0.3) is 0 Å². The molecule has 0 heterocycles. The number of hydrogen-bond donors (Lipinski definition) is 0. The topological polar surface area (TPSA) is 108 Å². The van der Waals surface area contributed by atoms with E-state index in [-0.39, 0.29) is 16.7 Å². The molecular weight excluding hydrogens is 306 g/mol. The normalized spacial score (nSPS) is 9.87. The van der Waals surface area contributed by atoms with E-state index in [0.29, 0.717) is 0 Å². The highest BCUT2D eigenvalue weighted by molar-refractivity contribution is 5.90. The van der Waals surface area contributed by atoms with Gasteiger partial charge >= 0.3 is 23.9 Å². The van der Waals surface area contributed by atoms with Crippen LogP contribution < -0.4 is 0 Å². The minimum Gasteiger partial charge on any atom is -0.383 e. The zero-order valence-corrected chi connectivity index (χ0v) is 13.1. The summed E-state index contributed by atoms with van der Waals surface area (Å²) in [7, 11) is 0. The fourth-order valence-corrected chi connectivity index (χ4v) is 0.973. The number of carbonyl (C=O) groups excluding carboxylic acids is 4. The number of nitrogens with zero attached hydrogens (tertiary/aromatic N) is 1. The Morgan fingerprint density at radius 3 is 1.39 bits per heavy atom. The lowest BCUT2D eigenvalue weighted by Gasteiger charge is -2.29.